The maximum absolute atomic E-state index is 10.9. The Kier molecular flexibility index (Phi) is 1.86. The minimum absolute atomic E-state index is 0.0438. The maximum Gasteiger partial charge on any atom is 0.178 e. The minimum Gasteiger partial charge on any atom is -0.367 e. The Hall–Kier alpha value is -1.56. The second-order valence-electron chi connectivity index (χ2n) is 1.86. The fourth-order valence-corrected chi connectivity index (χ4v) is 0.671. The molecule has 0 aromatic carbocycles. The highest BCUT2D eigenvalue weighted by Gasteiger charge is 2.02. The van der Waals surface area contributed by atoms with Crippen LogP contribution in [-0.2, 0) is 0 Å². The number of Topliss-reactive ketones (excluding diaryl/α,β-unsaturated/α-hetero) is 1. The molecule has 0 spiro atoms. The third-order valence-corrected chi connectivity index (χ3v) is 1.16. The summed E-state index contributed by atoms with van der Waals surface area (Å²) in [5, 5.41) is 8.15. The van der Waals surface area contributed by atoms with Gasteiger partial charge in [0, 0.05) is 18.0 Å². The van der Waals surface area contributed by atoms with Crippen molar-refractivity contribution in [2.75, 3.05) is 0 Å². The quantitative estimate of drug-likeness (QED) is 0.616. The fraction of sp³-hybridized carbons (Fsp3) is 0.143. The number of aromatic amines is 1. The molecule has 1 N–H and O–H groups in total. The van der Waals surface area contributed by atoms with Gasteiger partial charge in [-0.25, -0.2) is 0 Å². The van der Waals surface area contributed by atoms with Gasteiger partial charge in [-0.2, -0.15) is 5.26 Å². The number of aromatic nitrogens is 1. The average molecular weight is 134 g/mol. The number of carbonyl (C=O) groups excluding carboxylic acids is 1. The highest BCUT2D eigenvalue weighted by Crippen LogP contribution is 1.99. The smallest absolute Gasteiger partial charge is 0.178 e. The normalized spacial score (nSPS) is 8.70. The van der Waals surface area contributed by atoms with Crippen LogP contribution in [0.25, 0.3) is 0 Å². The Morgan fingerprint density at radius 1 is 1.80 bits per heavy atom. The summed E-state index contributed by atoms with van der Waals surface area (Å²) in [6, 6.07) is 3.44. The molecule has 0 atom stereocenters. The first-order chi connectivity index (χ1) is 4.84. The van der Waals surface area contributed by atoms with Crippen LogP contribution in [0.15, 0.2) is 18.5 Å². The zero-order valence-electron chi connectivity index (χ0n) is 5.29. The number of H-pyrrole nitrogens is 1. The number of ketones is 1. The molecule has 0 aliphatic carbocycles. The first kappa shape index (κ1) is 6.56. The summed E-state index contributed by atoms with van der Waals surface area (Å²) in [6.07, 6.45) is 3.20. The summed E-state index contributed by atoms with van der Waals surface area (Å²) in [5.74, 6) is -0.135. The van der Waals surface area contributed by atoms with E-state index in [1.54, 1.807) is 24.5 Å². The van der Waals surface area contributed by atoms with Crippen LogP contribution in [0.1, 0.15) is 16.8 Å². The molecule has 0 fully saturated rings. The molecule has 0 aliphatic heterocycles. The van der Waals surface area contributed by atoms with Crippen molar-refractivity contribution in [1.82, 2.24) is 4.98 Å². The van der Waals surface area contributed by atoms with Crippen LogP contribution < -0.4 is 0 Å². The maximum atomic E-state index is 10.9. The lowest BCUT2D eigenvalue weighted by atomic mass is 10.2. The van der Waals surface area contributed by atoms with Gasteiger partial charge in [0.1, 0.15) is 0 Å². The van der Waals surface area contributed by atoms with E-state index in [0.29, 0.717) is 5.56 Å². The Balaban J connectivity index is 2.71. The van der Waals surface area contributed by atoms with Gasteiger partial charge >= 0.3 is 0 Å². The molecule has 0 amide bonds. The molecule has 1 heterocycles. The zero-order chi connectivity index (χ0) is 7.40. The molecular formula is C7H6N2O. The van der Waals surface area contributed by atoms with E-state index in [2.05, 4.69) is 4.98 Å². The zero-order valence-corrected chi connectivity index (χ0v) is 5.29. The lowest BCUT2D eigenvalue weighted by Crippen LogP contribution is -1.93. The van der Waals surface area contributed by atoms with Crippen molar-refractivity contribution >= 4 is 5.78 Å². The van der Waals surface area contributed by atoms with Crippen LogP contribution in [0, 0.1) is 11.3 Å². The first-order valence-electron chi connectivity index (χ1n) is 2.87. The molecule has 1 aromatic heterocycles. The van der Waals surface area contributed by atoms with Crippen LogP contribution >= 0.6 is 0 Å². The monoisotopic (exact) mass is 134 g/mol. The third kappa shape index (κ3) is 1.23. The Morgan fingerprint density at radius 2 is 2.60 bits per heavy atom. The Labute approximate surface area is 58.3 Å². The fourth-order valence-electron chi connectivity index (χ4n) is 0.671. The van der Waals surface area contributed by atoms with E-state index in [0.717, 1.165) is 0 Å². The molecule has 1 aromatic rings. The van der Waals surface area contributed by atoms with Gasteiger partial charge in [0.05, 0.1) is 12.5 Å². The lowest BCUT2D eigenvalue weighted by molar-refractivity contribution is 0.0998. The van der Waals surface area contributed by atoms with Crippen LogP contribution in [-0.4, -0.2) is 10.8 Å². The molecular weight excluding hydrogens is 128 g/mol. The number of nitriles is 1. The first-order valence-corrected chi connectivity index (χ1v) is 2.87. The predicted molar refractivity (Wildman–Crippen MR) is 35.4 cm³/mol. The molecule has 0 saturated carbocycles. The second-order valence-corrected chi connectivity index (χ2v) is 1.86. The molecule has 0 saturated heterocycles. The molecule has 3 heteroatoms. The number of nitrogens with one attached hydrogen (secondary N) is 1. The second kappa shape index (κ2) is 2.83. The molecule has 0 unspecified atom stereocenters. The number of hydrogen-bond acceptors (Lipinski definition) is 2. The van der Waals surface area contributed by atoms with Crippen molar-refractivity contribution in [3.63, 3.8) is 0 Å². The SMILES string of the molecule is N#CCC(=O)c1cc[nH]c1. The summed E-state index contributed by atoms with van der Waals surface area (Å²) in [6.45, 7) is 0. The average Bonchev–Trinajstić information content (AvgIpc) is 2.38. The summed E-state index contributed by atoms with van der Waals surface area (Å²) < 4.78 is 0. The topological polar surface area (TPSA) is 56.6 Å². The van der Waals surface area contributed by atoms with Crippen LogP contribution in [0.3, 0.4) is 0 Å². The van der Waals surface area contributed by atoms with Gasteiger partial charge < -0.3 is 4.98 Å². The van der Waals surface area contributed by atoms with Crippen molar-refractivity contribution in [2.45, 2.75) is 6.42 Å². The summed E-state index contributed by atoms with van der Waals surface area (Å²) in [4.78, 5) is 13.6. The summed E-state index contributed by atoms with van der Waals surface area (Å²) in [5.41, 5.74) is 0.571. The van der Waals surface area contributed by atoms with Crippen LogP contribution in [0.5, 0.6) is 0 Å². The van der Waals surface area contributed by atoms with Gasteiger partial charge in [-0.15, -0.1) is 0 Å². The van der Waals surface area contributed by atoms with E-state index in [-0.39, 0.29) is 12.2 Å². The van der Waals surface area contributed by atoms with Gasteiger partial charge in [-0.1, -0.05) is 0 Å². The lowest BCUT2D eigenvalue weighted by Gasteiger charge is -1.85. The number of nitrogens with zero attached hydrogens (tertiary/aromatic N) is 1. The molecule has 1 rings (SSSR count). The molecule has 0 aliphatic rings. The highest BCUT2D eigenvalue weighted by molar-refractivity contribution is 5.97. The number of hydrogen-bond donors (Lipinski definition) is 1. The van der Waals surface area contributed by atoms with E-state index in [9.17, 15) is 4.79 Å². The van der Waals surface area contributed by atoms with Gasteiger partial charge in [-0.3, -0.25) is 4.79 Å². The van der Waals surface area contributed by atoms with E-state index in [1.165, 1.54) is 0 Å². The van der Waals surface area contributed by atoms with Crippen LogP contribution in [0.2, 0.25) is 0 Å². The van der Waals surface area contributed by atoms with Crippen molar-refractivity contribution in [3.8, 4) is 6.07 Å². The van der Waals surface area contributed by atoms with Crippen molar-refractivity contribution in [2.24, 2.45) is 0 Å². The minimum atomic E-state index is -0.135. The number of rotatable bonds is 2. The van der Waals surface area contributed by atoms with E-state index in [1.807, 2.05) is 0 Å². The van der Waals surface area contributed by atoms with Crippen LogP contribution in [0.4, 0.5) is 0 Å². The van der Waals surface area contributed by atoms with Crippen molar-refractivity contribution in [3.05, 3.63) is 24.0 Å². The van der Waals surface area contributed by atoms with Gasteiger partial charge in [0.15, 0.2) is 5.78 Å². The van der Waals surface area contributed by atoms with Gasteiger partial charge in [0.25, 0.3) is 0 Å². The van der Waals surface area contributed by atoms with E-state index in [4.69, 9.17) is 5.26 Å². The van der Waals surface area contributed by atoms with E-state index < -0.39 is 0 Å². The van der Waals surface area contributed by atoms with E-state index >= 15 is 0 Å². The Bertz CT molecular complexity index is 256. The van der Waals surface area contributed by atoms with Crippen molar-refractivity contribution in [1.29, 1.82) is 5.26 Å². The summed E-state index contributed by atoms with van der Waals surface area (Å²) in [7, 11) is 0. The van der Waals surface area contributed by atoms with Crippen molar-refractivity contribution < 1.29 is 4.79 Å². The molecule has 10 heavy (non-hydrogen) atoms. The van der Waals surface area contributed by atoms with Gasteiger partial charge in [0.2, 0.25) is 0 Å². The summed E-state index contributed by atoms with van der Waals surface area (Å²) >= 11 is 0. The Morgan fingerprint density at radius 3 is 3.10 bits per heavy atom. The number of carbonyl (C=O) groups is 1. The van der Waals surface area contributed by atoms with Gasteiger partial charge in [-0.05, 0) is 6.07 Å². The molecule has 0 radical (unpaired) electrons. The highest BCUT2D eigenvalue weighted by atomic mass is 16.1. The molecule has 3 nitrogen and oxygen atoms in total. The largest absolute Gasteiger partial charge is 0.367 e. The molecule has 50 valence electrons. The predicted octanol–water partition coefficient (Wildman–Crippen LogP) is 1.11. The third-order valence-electron chi connectivity index (χ3n) is 1.16. The standard InChI is InChI=1S/C7H6N2O/c8-3-1-7(10)6-2-4-9-5-6/h2,4-5,9H,1H2. The molecule has 0 bridgehead atoms.